The van der Waals surface area contributed by atoms with Gasteiger partial charge >= 0.3 is 5.97 Å². The molecule has 0 spiro atoms. The number of carbonyl (C=O) groups excluding carboxylic acids is 2. The predicted octanol–water partition coefficient (Wildman–Crippen LogP) is 3.37. The summed E-state index contributed by atoms with van der Waals surface area (Å²) in [6.07, 6.45) is 0.334. The van der Waals surface area contributed by atoms with Crippen molar-refractivity contribution in [2.24, 2.45) is 5.41 Å². The highest BCUT2D eigenvalue weighted by molar-refractivity contribution is 6.53. The quantitative estimate of drug-likeness (QED) is 0.680. The van der Waals surface area contributed by atoms with Crippen LogP contribution in [0.5, 0.6) is 0 Å². The van der Waals surface area contributed by atoms with Crippen molar-refractivity contribution in [1.82, 2.24) is 0 Å². The molecule has 0 aromatic heterocycles. The fraction of sp³-hybridized carbons (Fsp3) is 0.467. The Morgan fingerprint density at radius 1 is 1.29 bits per heavy atom. The number of rotatable bonds is 4. The first-order chi connectivity index (χ1) is 9.65. The lowest BCUT2D eigenvalue weighted by Gasteiger charge is -2.12. The van der Waals surface area contributed by atoms with Crippen molar-refractivity contribution in [2.45, 2.75) is 31.5 Å². The van der Waals surface area contributed by atoms with Gasteiger partial charge in [0, 0.05) is 12.1 Å². The molecule has 0 heterocycles. The molecule has 2 rings (SSSR count). The lowest BCUT2D eigenvalue weighted by molar-refractivity contribution is -0.152. The smallest absolute Gasteiger partial charge is 0.315 e. The molecular weight excluding hydrogens is 313 g/mol. The van der Waals surface area contributed by atoms with Gasteiger partial charge in [0.2, 0.25) is 0 Å². The van der Waals surface area contributed by atoms with Gasteiger partial charge in [-0.3, -0.25) is 9.59 Å². The molecule has 114 valence electrons. The summed E-state index contributed by atoms with van der Waals surface area (Å²) in [5.74, 6) is -0.951. The van der Waals surface area contributed by atoms with Crippen LogP contribution in [0.4, 0.5) is 5.69 Å². The first-order valence-corrected chi connectivity index (χ1v) is 7.33. The maximum absolute atomic E-state index is 11.8. The van der Waals surface area contributed by atoms with E-state index in [0.717, 1.165) is 11.1 Å². The molecule has 0 bridgehead atoms. The van der Waals surface area contributed by atoms with Gasteiger partial charge in [-0.05, 0) is 44.0 Å². The van der Waals surface area contributed by atoms with Crippen LogP contribution in [0.15, 0.2) is 18.2 Å². The van der Waals surface area contributed by atoms with Crippen molar-refractivity contribution in [1.29, 1.82) is 0 Å². The summed E-state index contributed by atoms with van der Waals surface area (Å²) in [5, 5.41) is 2.68. The Balaban J connectivity index is 1.85. The van der Waals surface area contributed by atoms with Crippen molar-refractivity contribution < 1.29 is 14.3 Å². The van der Waals surface area contributed by atoms with Crippen molar-refractivity contribution in [3.05, 3.63) is 29.3 Å². The van der Waals surface area contributed by atoms with E-state index in [-0.39, 0.29) is 6.61 Å². The van der Waals surface area contributed by atoms with Crippen LogP contribution >= 0.6 is 23.2 Å². The number of nitrogens with one attached hydrogen (secondary N) is 1. The molecule has 1 amide bonds. The van der Waals surface area contributed by atoms with Crippen LogP contribution in [0.1, 0.15) is 24.5 Å². The topological polar surface area (TPSA) is 55.4 Å². The summed E-state index contributed by atoms with van der Waals surface area (Å²) in [5.41, 5.74) is 1.96. The highest BCUT2D eigenvalue weighted by Crippen LogP contribution is 2.64. The lowest BCUT2D eigenvalue weighted by Crippen LogP contribution is -2.26. The Morgan fingerprint density at radius 3 is 2.43 bits per heavy atom. The molecule has 21 heavy (non-hydrogen) atoms. The van der Waals surface area contributed by atoms with Gasteiger partial charge in [-0.2, -0.15) is 0 Å². The summed E-state index contributed by atoms with van der Waals surface area (Å²) in [6, 6.07) is 5.57. The number of anilines is 1. The van der Waals surface area contributed by atoms with Gasteiger partial charge in [0.15, 0.2) is 6.61 Å². The van der Waals surface area contributed by atoms with E-state index in [1.54, 1.807) is 13.0 Å². The minimum absolute atomic E-state index is 0.334. The molecule has 1 saturated carbocycles. The Hall–Kier alpha value is -1.26. The van der Waals surface area contributed by atoms with Crippen molar-refractivity contribution >= 4 is 40.8 Å². The monoisotopic (exact) mass is 329 g/mol. The van der Waals surface area contributed by atoms with Gasteiger partial charge in [0.05, 0.1) is 0 Å². The summed E-state index contributed by atoms with van der Waals surface area (Å²) < 4.78 is 3.88. The van der Waals surface area contributed by atoms with Crippen LogP contribution in [0.3, 0.4) is 0 Å². The summed E-state index contributed by atoms with van der Waals surface area (Å²) >= 11 is 11.8. The molecule has 4 nitrogen and oxygen atoms in total. The number of aryl methyl sites for hydroxylation is 2. The zero-order valence-electron chi connectivity index (χ0n) is 12.1. The van der Waals surface area contributed by atoms with E-state index in [1.807, 2.05) is 26.0 Å². The van der Waals surface area contributed by atoms with E-state index in [2.05, 4.69) is 5.32 Å². The first-order valence-electron chi connectivity index (χ1n) is 6.58. The fourth-order valence-electron chi connectivity index (χ4n) is 1.93. The van der Waals surface area contributed by atoms with Gasteiger partial charge in [-0.25, -0.2) is 0 Å². The highest BCUT2D eigenvalue weighted by Gasteiger charge is 2.69. The predicted molar refractivity (Wildman–Crippen MR) is 82.7 cm³/mol. The minimum Gasteiger partial charge on any atom is -0.455 e. The van der Waals surface area contributed by atoms with Crippen LogP contribution in [0, 0.1) is 19.3 Å². The molecule has 0 aliphatic heterocycles. The second-order valence-corrected chi connectivity index (χ2v) is 7.12. The Morgan fingerprint density at radius 2 is 1.90 bits per heavy atom. The second kappa shape index (κ2) is 5.50. The van der Waals surface area contributed by atoms with E-state index in [9.17, 15) is 9.59 Å². The van der Waals surface area contributed by atoms with E-state index in [0.29, 0.717) is 12.1 Å². The van der Waals surface area contributed by atoms with E-state index in [1.165, 1.54) is 0 Å². The number of carbonyl (C=O) groups is 2. The zero-order chi connectivity index (χ0) is 15.8. The number of halogens is 2. The third-order valence-electron chi connectivity index (χ3n) is 3.83. The van der Waals surface area contributed by atoms with Gasteiger partial charge in [0.1, 0.15) is 9.75 Å². The van der Waals surface area contributed by atoms with Crippen molar-refractivity contribution in [3.63, 3.8) is 0 Å². The van der Waals surface area contributed by atoms with Crippen LogP contribution in [-0.4, -0.2) is 22.8 Å². The summed E-state index contributed by atoms with van der Waals surface area (Å²) in [6.45, 7) is 5.21. The summed E-state index contributed by atoms with van der Waals surface area (Å²) in [4.78, 5) is 23.6. The molecule has 1 N–H and O–H groups in total. The molecule has 0 unspecified atom stereocenters. The molecule has 1 fully saturated rings. The largest absolute Gasteiger partial charge is 0.455 e. The minimum atomic E-state index is -1.09. The molecule has 1 aromatic rings. The van der Waals surface area contributed by atoms with Gasteiger partial charge in [0.25, 0.3) is 5.91 Å². The van der Waals surface area contributed by atoms with E-state index in [4.69, 9.17) is 27.9 Å². The van der Waals surface area contributed by atoms with Crippen molar-refractivity contribution in [3.8, 4) is 0 Å². The fourth-order valence-corrected chi connectivity index (χ4v) is 2.62. The third kappa shape index (κ3) is 3.33. The number of esters is 1. The Bertz CT molecular complexity index is 601. The SMILES string of the molecule is Cc1ccc(NC(=O)COC(=O)[C@@]2(C)CC2(Cl)Cl)cc1C. The Kier molecular flexibility index (Phi) is 4.22. The Labute approximate surface area is 133 Å². The number of amides is 1. The lowest BCUT2D eigenvalue weighted by atomic mass is 10.1. The van der Waals surface area contributed by atoms with Gasteiger partial charge < -0.3 is 10.1 Å². The molecular formula is C15H17Cl2NO3. The standard InChI is InChI=1S/C15H17Cl2NO3/c1-9-4-5-11(6-10(9)2)18-12(19)7-21-13(20)14(3)8-15(14,16)17/h4-6H,7-8H2,1-3H3,(H,18,19)/t14-/m1/s1. The van der Waals surface area contributed by atoms with Crippen LogP contribution in [0.2, 0.25) is 0 Å². The summed E-state index contributed by atoms with van der Waals surface area (Å²) in [7, 11) is 0. The average Bonchev–Trinajstić information content (AvgIpc) is 2.91. The highest BCUT2D eigenvalue weighted by atomic mass is 35.5. The maximum Gasteiger partial charge on any atom is 0.315 e. The number of hydrogen-bond donors (Lipinski definition) is 1. The maximum atomic E-state index is 11.8. The molecule has 6 heteroatoms. The van der Waals surface area contributed by atoms with Crippen LogP contribution in [0.25, 0.3) is 0 Å². The number of alkyl halides is 2. The van der Waals surface area contributed by atoms with Crippen LogP contribution < -0.4 is 5.32 Å². The average molecular weight is 330 g/mol. The first kappa shape index (κ1) is 16.1. The molecule has 1 aromatic carbocycles. The molecule has 1 aliphatic carbocycles. The number of hydrogen-bond acceptors (Lipinski definition) is 3. The van der Waals surface area contributed by atoms with Crippen LogP contribution in [-0.2, 0) is 14.3 Å². The van der Waals surface area contributed by atoms with E-state index < -0.39 is 21.6 Å². The normalized spacial score (nSPS) is 22.5. The molecule has 0 radical (unpaired) electrons. The van der Waals surface area contributed by atoms with Gasteiger partial charge in [-0.1, -0.05) is 6.07 Å². The third-order valence-corrected chi connectivity index (χ3v) is 4.93. The number of ether oxygens (including phenoxy) is 1. The van der Waals surface area contributed by atoms with E-state index >= 15 is 0 Å². The molecule has 0 saturated heterocycles. The number of benzene rings is 1. The molecule has 1 atom stereocenters. The van der Waals surface area contributed by atoms with Crippen molar-refractivity contribution in [2.75, 3.05) is 11.9 Å². The zero-order valence-corrected chi connectivity index (χ0v) is 13.6. The second-order valence-electron chi connectivity index (χ2n) is 5.64. The molecule has 1 aliphatic rings. The van der Waals surface area contributed by atoms with Gasteiger partial charge in [-0.15, -0.1) is 23.2 Å².